The molecule has 0 saturated heterocycles. The first-order chi connectivity index (χ1) is 8.58. The van der Waals surface area contributed by atoms with E-state index < -0.39 is 0 Å². The topological polar surface area (TPSA) is 9.23 Å². The Hall–Kier alpha value is -0.400. The zero-order valence-electron chi connectivity index (χ0n) is 11.0. The van der Waals surface area contributed by atoms with E-state index in [4.69, 9.17) is 27.9 Å². The van der Waals surface area contributed by atoms with E-state index in [-0.39, 0.29) is 0 Å². The van der Waals surface area contributed by atoms with E-state index in [1.54, 1.807) is 0 Å². The van der Waals surface area contributed by atoms with Crippen molar-refractivity contribution < 1.29 is 4.74 Å². The monoisotopic (exact) mass is 286 g/mol. The number of hydrogen-bond acceptors (Lipinski definition) is 1. The van der Waals surface area contributed by atoms with Gasteiger partial charge in [0.15, 0.2) is 0 Å². The molecule has 0 bridgehead atoms. The van der Waals surface area contributed by atoms with Crippen LogP contribution in [0.1, 0.15) is 38.2 Å². The molecule has 0 atom stereocenters. The highest BCUT2D eigenvalue weighted by molar-refractivity contribution is 6.43. The molecule has 1 aromatic rings. The van der Waals surface area contributed by atoms with E-state index in [2.05, 4.69) is 6.92 Å². The van der Waals surface area contributed by atoms with Crippen LogP contribution >= 0.6 is 23.2 Å². The molecular weight excluding hydrogens is 267 g/mol. The maximum absolute atomic E-state index is 6.18. The lowest BCUT2D eigenvalue weighted by molar-refractivity contribution is 0.188. The van der Waals surface area contributed by atoms with Crippen molar-refractivity contribution in [1.82, 2.24) is 0 Å². The number of ether oxygens (including phenoxy) is 1. The summed E-state index contributed by atoms with van der Waals surface area (Å²) < 4.78 is 5.83. The first kappa shape index (κ1) is 14.0. The second-order valence-electron chi connectivity index (χ2n) is 5.45. The van der Waals surface area contributed by atoms with Crippen LogP contribution in [0.25, 0.3) is 0 Å². The fraction of sp³-hybridized carbons (Fsp3) is 0.600. The van der Waals surface area contributed by atoms with Crippen LogP contribution in [0.2, 0.25) is 10.0 Å². The highest BCUT2D eigenvalue weighted by Gasteiger charge is 2.19. The Labute approximate surface area is 119 Å². The van der Waals surface area contributed by atoms with Gasteiger partial charge in [-0.25, -0.2) is 0 Å². The van der Waals surface area contributed by atoms with Crippen LogP contribution in [0.3, 0.4) is 0 Å². The largest absolute Gasteiger partial charge is 0.492 e. The summed E-state index contributed by atoms with van der Waals surface area (Å²) in [6.45, 7) is 5.03. The van der Waals surface area contributed by atoms with Crippen molar-refractivity contribution in [3.8, 4) is 5.75 Å². The number of aryl methyl sites for hydroxylation is 1. The highest BCUT2D eigenvalue weighted by Crippen LogP contribution is 2.35. The number of rotatable bonds is 3. The lowest BCUT2D eigenvalue weighted by atomic mass is 9.83. The summed E-state index contributed by atoms with van der Waals surface area (Å²) in [5.41, 5.74) is 0.987. The van der Waals surface area contributed by atoms with Crippen LogP contribution in [-0.4, -0.2) is 6.61 Å². The molecule has 2 rings (SSSR count). The molecule has 0 aliphatic heterocycles. The molecule has 1 aliphatic carbocycles. The summed E-state index contributed by atoms with van der Waals surface area (Å²) >= 11 is 12.3. The van der Waals surface area contributed by atoms with Crippen molar-refractivity contribution in [3.63, 3.8) is 0 Å². The van der Waals surface area contributed by atoms with Gasteiger partial charge in [-0.3, -0.25) is 0 Å². The zero-order valence-corrected chi connectivity index (χ0v) is 12.5. The van der Waals surface area contributed by atoms with Gasteiger partial charge >= 0.3 is 0 Å². The van der Waals surface area contributed by atoms with E-state index in [9.17, 15) is 0 Å². The third kappa shape index (κ3) is 3.33. The molecule has 18 heavy (non-hydrogen) atoms. The van der Waals surface area contributed by atoms with E-state index >= 15 is 0 Å². The SMILES string of the molecule is Cc1ccc(OCC2CCC(C)CC2)c(Cl)c1Cl. The van der Waals surface area contributed by atoms with Gasteiger partial charge < -0.3 is 4.74 Å². The Bertz CT molecular complexity index is 409. The summed E-state index contributed by atoms with van der Waals surface area (Å²) in [7, 11) is 0. The van der Waals surface area contributed by atoms with Crippen LogP contribution in [0.4, 0.5) is 0 Å². The van der Waals surface area contributed by atoms with Gasteiger partial charge in [0.25, 0.3) is 0 Å². The van der Waals surface area contributed by atoms with Crippen molar-refractivity contribution in [3.05, 3.63) is 27.7 Å². The van der Waals surface area contributed by atoms with Gasteiger partial charge in [-0.05, 0) is 43.2 Å². The molecule has 0 aromatic heterocycles. The lowest BCUT2D eigenvalue weighted by Crippen LogP contribution is -2.18. The second kappa shape index (κ2) is 6.16. The van der Waals surface area contributed by atoms with Gasteiger partial charge in [0, 0.05) is 0 Å². The van der Waals surface area contributed by atoms with Crippen molar-refractivity contribution in [2.24, 2.45) is 11.8 Å². The first-order valence-electron chi connectivity index (χ1n) is 6.65. The minimum absolute atomic E-state index is 0.542. The molecule has 0 unspecified atom stereocenters. The normalized spacial score (nSPS) is 24.0. The predicted molar refractivity (Wildman–Crippen MR) is 77.8 cm³/mol. The second-order valence-corrected chi connectivity index (χ2v) is 6.20. The number of hydrogen-bond donors (Lipinski definition) is 0. The molecule has 3 heteroatoms. The Morgan fingerprint density at radius 3 is 2.44 bits per heavy atom. The van der Waals surface area contributed by atoms with Crippen molar-refractivity contribution >= 4 is 23.2 Å². The molecule has 1 fully saturated rings. The lowest BCUT2D eigenvalue weighted by Gasteiger charge is -2.26. The average Bonchev–Trinajstić information content (AvgIpc) is 2.37. The molecule has 1 nitrogen and oxygen atoms in total. The van der Waals surface area contributed by atoms with Crippen LogP contribution in [0, 0.1) is 18.8 Å². The van der Waals surface area contributed by atoms with Gasteiger partial charge in [-0.2, -0.15) is 0 Å². The van der Waals surface area contributed by atoms with Crippen LogP contribution in [0.15, 0.2) is 12.1 Å². The quantitative estimate of drug-likeness (QED) is 0.712. The Balaban J connectivity index is 1.92. The number of halogens is 2. The Kier molecular flexibility index (Phi) is 4.80. The summed E-state index contributed by atoms with van der Waals surface area (Å²) in [4.78, 5) is 0. The van der Waals surface area contributed by atoms with Crippen LogP contribution < -0.4 is 4.74 Å². The predicted octanol–water partition coefficient (Wildman–Crippen LogP) is 5.51. The molecule has 1 aliphatic rings. The Morgan fingerprint density at radius 2 is 1.78 bits per heavy atom. The summed E-state index contributed by atoms with van der Waals surface area (Å²) in [6.07, 6.45) is 5.16. The fourth-order valence-corrected chi connectivity index (χ4v) is 2.87. The molecular formula is C15H20Cl2O. The third-order valence-corrected chi connectivity index (χ3v) is 4.81. The standard InChI is InChI=1S/C15H20Cl2O/c1-10-3-6-12(7-4-10)9-18-13-8-5-11(2)14(16)15(13)17/h5,8,10,12H,3-4,6-7,9H2,1-2H3. The van der Waals surface area contributed by atoms with Crippen LogP contribution in [-0.2, 0) is 0 Å². The molecule has 1 aromatic carbocycles. The minimum Gasteiger partial charge on any atom is -0.492 e. The summed E-state index contributed by atoms with van der Waals surface area (Å²) in [5, 5.41) is 1.15. The third-order valence-electron chi connectivity index (χ3n) is 3.85. The maximum Gasteiger partial charge on any atom is 0.139 e. The first-order valence-corrected chi connectivity index (χ1v) is 7.41. The Morgan fingerprint density at radius 1 is 1.11 bits per heavy atom. The van der Waals surface area contributed by atoms with Gasteiger partial charge in [0.2, 0.25) is 0 Å². The van der Waals surface area contributed by atoms with E-state index in [1.165, 1.54) is 25.7 Å². The zero-order chi connectivity index (χ0) is 13.1. The molecule has 0 amide bonds. The summed E-state index contributed by atoms with van der Waals surface area (Å²) in [6, 6.07) is 3.86. The van der Waals surface area contributed by atoms with E-state index in [1.807, 2.05) is 19.1 Å². The molecule has 100 valence electrons. The molecule has 0 heterocycles. The van der Waals surface area contributed by atoms with Crippen LogP contribution in [0.5, 0.6) is 5.75 Å². The maximum atomic E-state index is 6.18. The van der Waals surface area contributed by atoms with Gasteiger partial charge in [0.05, 0.1) is 11.6 Å². The highest BCUT2D eigenvalue weighted by atomic mass is 35.5. The van der Waals surface area contributed by atoms with E-state index in [0.717, 1.165) is 18.1 Å². The average molecular weight is 287 g/mol. The molecule has 0 spiro atoms. The van der Waals surface area contributed by atoms with Gasteiger partial charge in [-0.1, -0.05) is 49.0 Å². The fourth-order valence-electron chi connectivity index (χ4n) is 2.44. The smallest absolute Gasteiger partial charge is 0.139 e. The van der Waals surface area contributed by atoms with Gasteiger partial charge in [-0.15, -0.1) is 0 Å². The summed E-state index contributed by atoms with van der Waals surface area (Å²) in [5.74, 6) is 2.25. The van der Waals surface area contributed by atoms with Gasteiger partial charge in [0.1, 0.15) is 10.8 Å². The molecule has 1 saturated carbocycles. The number of benzene rings is 1. The van der Waals surface area contributed by atoms with Crippen molar-refractivity contribution in [1.29, 1.82) is 0 Å². The van der Waals surface area contributed by atoms with E-state index in [0.29, 0.717) is 21.7 Å². The van der Waals surface area contributed by atoms with Crippen molar-refractivity contribution in [2.75, 3.05) is 6.61 Å². The minimum atomic E-state index is 0.542. The van der Waals surface area contributed by atoms with Crippen molar-refractivity contribution in [2.45, 2.75) is 39.5 Å². The molecule has 0 radical (unpaired) electrons. The molecule has 0 N–H and O–H groups in total.